The van der Waals surface area contributed by atoms with Crippen molar-refractivity contribution in [1.29, 1.82) is 0 Å². The Balaban J connectivity index is 2.10. The summed E-state index contributed by atoms with van der Waals surface area (Å²) in [5, 5.41) is 0. The van der Waals surface area contributed by atoms with E-state index in [9.17, 15) is 13.2 Å². The molecule has 92 valence electrons. The molecule has 1 saturated heterocycles. The number of alkyl halides is 3. The fraction of sp³-hybridized carbons (Fsp3) is 0.400. The molecule has 7 heteroatoms. The maximum Gasteiger partial charge on any atom is 0.573 e. The van der Waals surface area contributed by atoms with Crippen LogP contribution in [0.1, 0.15) is 6.42 Å². The molecule has 0 aromatic heterocycles. The van der Waals surface area contributed by atoms with Crippen LogP contribution in [0.4, 0.5) is 13.2 Å². The standard InChI is InChI=1S/C10H10BF3O3/c12-10(13,14)17-9-4-1-3-8(7-9)11-15-5-2-6-16-11/h1,3-4,7H,2,5-6H2. The third-order valence-electron chi connectivity index (χ3n) is 2.19. The zero-order chi connectivity index (χ0) is 12.3. The zero-order valence-electron chi connectivity index (χ0n) is 8.87. The minimum atomic E-state index is -4.69. The highest BCUT2D eigenvalue weighted by Crippen LogP contribution is 2.21. The van der Waals surface area contributed by atoms with Crippen LogP contribution < -0.4 is 10.2 Å². The molecule has 1 aromatic carbocycles. The van der Waals surface area contributed by atoms with E-state index in [1.807, 2.05) is 0 Å². The summed E-state index contributed by atoms with van der Waals surface area (Å²) in [5.74, 6) is -0.271. The fourth-order valence-corrected chi connectivity index (χ4v) is 1.54. The highest BCUT2D eigenvalue weighted by atomic mass is 19.4. The lowest BCUT2D eigenvalue weighted by Gasteiger charge is -2.20. The Morgan fingerprint density at radius 1 is 1.18 bits per heavy atom. The summed E-state index contributed by atoms with van der Waals surface area (Å²) in [5.41, 5.74) is 0.520. The Morgan fingerprint density at radius 2 is 1.88 bits per heavy atom. The van der Waals surface area contributed by atoms with Crippen molar-refractivity contribution in [3.63, 3.8) is 0 Å². The Morgan fingerprint density at radius 3 is 2.53 bits per heavy atom. The molecule has 0 unspecified atom stereocenters. The lowest BCUT2D eigenvalue weighted by Crippen LogP contribution is -2.40. The Labute approximate surface area is 96.6 Å². The van der Waals surface area contributed by atoms with Crippen molar-refractivity contribution in [2.75, 3.05) is 13.2 Å². The molecule has 1 aromatic rings. The number of benzene rings is 1. The van der Waals surface area contributed by atoms with E-state index in [-0.39, 0.29) is 5.75 Å². The largest absolute Gasteiger partial charge is 0.573 e. The first kappa shape index (κ1) is 12.3. The number of hydrogen-bond donors (Lipinski definition) is 0. The predicted octanol–water partition coefficient (Wildman–Crippen LogP) is 1.72. The van der Waals surface area contributed by atoms with Crippen LogP contribution in [0.25, 0.3) is 0 Å². The molecule has 1 aliphatic rings. The van der Waals surface area contributed by atoms with Crippen LogP contribution >= 0.6 is 0 Å². The van der Waals surface area contributed by atoms with Crippen LogP contribution in [0, 0.1) is 0 Å². The molecule has 0 radical (unpaired) electrons. The third kappa shape index (κ3) is 3.64. The topological polar surface area (TPSA) is 27.7 Å². The van der Waals surface area contributed by atoms with E-state index in [0.29, 0.717) is 18.7 Å². The van der Waals surface area contributed by atoms with Gasteiger partial charge in [0.2, 0.25) is 0 Å². The van der Waals surface area contributed by atoms with Crippen molar-refractivity contribution >= 4 is 12.6 Å². The summed E-state index contributed by atoms with van der Waals surface area (Å²) in [7, 11) is -0.611. The van der Waals surface area contributed by atoms with Gasteiger partial charge in [0.05, 0.1) is 0 Å². The number of halogens is 3. The molecule has 0 amide bonds. The van der Waals surface area contributed by atoms with Gasteiger partial charge in [0.25, 0.3) is 0 Å². The van der Waals surface area contributed by atoms with Gasteiger partial charge in [0.1, 0.15) is 5.75 Å². The molecule has 0 bridgehead atoms. The summed E-state index contributed by atoms with van der Waals surface area (Å²) in [6, 6.07) is 5.61. The van der Waals surface area contributed by atoms with Gasteiger partial charge in [-0.25, -0.2) is 0 Å². The number of hydrogen-bond acceptors (Lipinski definition) is 3. The quantitative estimate of drug-likeness (QED) is 0.743. The molecule has 17 heavy (non-hydrogen) atoms. The van der Waals surface area contributed by atoms with Crippen LogP contribution in [-0.4, -0.2) is 26.7 Å². The maximum atomic E-state index is 12.0. The van der Waals surface area contributed by atoms with Gasteiger partial charge in [-0.15, -0.1) is 13.2 Å². The Hall–Kier alpha value is -1.21. The second kappa shape index (κ2) is 4.97. The van der Waals surface area contributed by atoms with Crippen molar-refractivity contribution in [1.82, 2.24) is 0 Å². The number of rotatable bonds is 2. The van der Waals surface area contributed by atoms with Gasteiger partial charge in [0.15, 0.2) is 0 Å². The van der Waals surface area contributed by atoms with Gasteiger partial charge in [-0.3, -0.25) is 0 Å². The van der Waals surface area contributed by atoms with E-state index in [1.54, 1.807) is 6.07 Å². The van der Waals surface area contributed by atoms with E-state index in [0.717, 1.165) is 6.42 Å². The highest BCUT2D eigenvalue weighted by molar-refractivity contribution is 6.61. The summed E-state index contributed by atoms with van der Waals surface area (Å²) in [4.78, 5) is 0. The first-order valence-electron chi connectivity index (χ1n) is 5.13. The molecule has 0 spiro atoms. The van der Waals surface area contributed by atoms with Crippen molar-refractivity contribution in [3.8, 4) is 5.75 Å². The molecular formula is C10H10BF3O3. The number of ether oxygens (including phenoxy) is 1. The molecule has 0 aliphatic carbocycles. The molecule has 0 atom stereocenters. The van der Waals surface area contributed by atoms with Gasteiger partial charge in [-0.05, 0) is 24.0 Å². The maximum absolute atomic E-state index is 12.0. The van der Waals surface area contributed by atoms with Gasteiger partial charge in [-0.2, -0.15) is 0 Å². The van der Waals surface area contributed by atoms with Crippen LogP contribution in [0.3, 0.4) is 0 Å². The van der Waals surface area contributed by atoms with Crippen molar-refractivity contribution in [3.05, 3.63) is 24.3 Å². The van der Waals surface area contributed by atoms with Crippen LogP contribution in [-0.2, 0) is 9.31 Å². The SMILES string of the molecule is FC(F)(F)Oc1cccc(B2OCCCO2)c1. The molecule has 1 heterocycles. The summed E-state index contributed by atoms with van der Waals surface area (Å²) in [6.45, 7) is 1.07. The first-order chi connectivity index (χ1) is 8.04. The van der Waals surface area contributed by atoms with Gasteiger partial charge in [0, 0.05) is 13.2 Å². The molecule has 1 fully saturated rings. The fourth-order valence-electron chi connectivity index (χ4n) is 1.54. The average molecular weight is 246 g/mol. The lowest BCUT2D eigenvalue weighted by molar-refractivity contribution is -0.274. The van der Waals surface area contributed by atoms with E-state index in [4.69, 9.17) is 9.31 Å². The van der Waals surface area contributed by atoms with Gasteiger partial charge >= 0.3 is 13.5 Å². The monoisotopic (exact) mass is 246 g/mol. The molecule has 2 rings (SSSR count). The Bertz CT molecular complexity index is 377. The third-order valence-corrected chi connectivity index (χ3v) is 2.19. The van der Waals surface area contributed by atoms with Crippen LogP contribution in [0.5, 0.6) is 5.75 Å². The summed E-state index contributed by atoms with van der Waals surface area (Å²) >= 11 is 0. The van der Waals surface area contributed by atoms with Crippen molar-refractivity contribution < 1.29 is 27.2 Å². The van der Waals surface area contributed by atoms with Crippen molar-refractivity contribution in [2.45, 2.75) is 12.8 Å². The normalized spacial score (nSPS) is 17.0. The van der Waals surface area contributed by atoms with Crippen LogP contribution in [0.15, 0.2) is 24.3 Å². The molecule has 3 nitrogen and oxygen atoms in total. The Kier molecular flexibility index (Phi) is 3.59. The van der Waals surface area contributed by atoms with Gasteiger partial charge < -0.3 is 14.0 Å². The molecule has 0 N–H and O–H groups in total. The van der Waals surface area contributed by atoms with E-state index >= 15 is 0 Å². The first-order valence-corrected chi connectivity index (χ1v) is 5.13. The second-order valence-electron chi connectivity index (χ2n) is 3.55. The molecular weight excluding hydrogens is 236 g/mol. The predicted molar refractivity (Wildman–Crippen MR) is 55.0 cm³/mol. The minimum Gasteiger partial charge on any atom is -0.407 e. The van der Waals surface area contributed by atoms with Crippen molar-refractivity contribution in [2.24, 2.45) is 0 Å². The molecule has 0 saturated carbocycles. The van der Waals surface area contributed by atoms with Crippen LogP contribution in [0.2, 0.25) is 0 Å². The summed E-state index contributed by atoms with van der Waals surface area (Å²) < 4.78 is 50.5. The highest BCUT2D eigenvalue weighted by Gasteiger charge is 2.32. The van der Waals surface area contributed by atoms with Gasteiger partial charge in [-0.1, -0.05) is 12.1 Å². The second-order valence-corrected chi connectivity index (χ2v) is 3.55. The molecule has 1 aliphatic heterocycles. The summed E-state index contributed by atoms with van der Waals surface area (Å²) in [6.07, 6.45) is -3.90. The lowest BCUT2D eigenvalue weighted by atomic mass is 9.78. The zero-order valence-corrected chi connectivity index (χ0v) is 8.87. The smallest absolute Gasteiger partial charge is 0.407 e. The minimum absolute atomic E-state index is 0.271. The average Bonchev–Trinajstić information content (AvgIpc) is 2.28. The van der Waals surface area contributed by atoms with E-state index in [2.05, 4.69) is 4.74 Å². The van der Waals surface area contributed by atoms with E-state index < -0.39 is 13.5 Å². The van der Waals surface area contributed by atoms with E-state index in [1.165, 1.54) is 18.2 Å².